The van der Waals surface area contributed by atoms with Crippen LogP contribution in [0.25, 0.3) is 0 Å². The molecule has 6 heteroatoms. The molecule has 0 aromatic heterocycles. The number of carbonyl (C=O) groups is 1. The van der Waals surface area contributed by atoms with Crippen molar-refractivity contribution in [3.8, 4) is 6.07 Å². The molecule has 0 saturated heterocycles. The van der Waals surface area contributed by atoms with Gasteiger partial charge in [0.1, 0.15) is 6.07 Å². The maximum atomic E-state index is 11.1. The number of nitriles is 1. The zero-order valence-corrected chi connectivity index (χ0v) is 8.41. The van der Waals surface area contributed by atoms with Gasteiger partial charge in [-0.15, -0.1) is 0 Å². The lowest BCUT2D eigenvalue weighted by molar-refractivity contribution is -0.384. The molecule has 1 aromatic rings. The van der Waals surface area contributed by atoms with Crippen LogP contribution >= 0.6 is 11.6 Å². The average molecular weight is 225 g/mol. The molecule has 0 amide bonds. The standard InChI is InChI=1S/C9H5ClN2O3/c1-5(13)7-2-6(12(14)15)3-9(10)8(7)4-11/h2-3H,1H3. The van der Waals surface area contributed by atoms with E-state index in [0.29, 0.717) is 0 Å². The molecule has 5 nitrogen and oxygen atoms in total. The Bertz CT molecular complexity index is 491. The van der Waals surface area contributed by atoms with Gasteiger partial charge >= 0.3 is 0 Å². The highest BCUT2D eigenvalue weighted by Gasteiger charge is 2.17. The van der Waals surface area contributed by atoms with Crippen LogP contribution in [-0.2, 0) is 0 Å². The second-order valence-electron chi connectivity index (χ2n) is 2.78. The Morgan fingerprint density at radius 1 is 1.60 bits per heavy atom. The van der Waals surface area contributed by atoms with Crippen LogP contribution in [0.4, 0.5) is 5.69 Å². The summed E-state index contributed by atoms with van der Waals surface area (Å²) >= 11 is 5.64. The topological polar surface area (TPSA) is 84.0 Å². The number of nitro benzene ring substituents is 1. The van der Waals surface area contributed by atoms with Crippen LogP contribution < -0.4 is 0 Å². The van der Waals surface area contributed by atoms with Crippen molar-refractivity contribution in [2.75, 3.05) is 0 Å². The van der Waals surface area contributed by atoms with Crippen molar-refractivity contribution in [1.29, 1.82) is 5.26 Å². The van der Waals surface area contributed by atoms with Crippen molar-refractivity contribution in [1.82, 2.24) is 0 Å². The van der Waals surface area contributed by atoms with Crippen LogP contribution in [0.5, 0.6) is 0 Å². The summed E-state index contributed by atoms with van der Waals surface area (Å²) in [6.45, 7) is 1.22. The lowest BCUT2D eigenvalue weighted by Crippen LogP contribution is -2.00. The van der Waals surface area contributed by atoms with Crippen LogP contribution in [0.2, 0.25) is 5.02 Å². The van der Waals surface area contributed by atoms with E-state index in [4.69, 9.17) is 16.9 Å². The number of benzene rings is 1. The summed E-state index contributed by atoms with van der Waals surface area (Å²) < 4.78 is 0. The third-order valence-corrected chi connectivity index (χ3v) is 2.08. The molecule has 0 saturated carbocycles. The van der Waals surface area contributed by atoms with Crippen molar-refractivity contribution in [2.45, 2.75) is 6.92 Å². The summed E-state index contributed by atoms with van der Waals surface area (Å²) in [5, 5.41) is 19.1. The van der Waals surface area contributed by atoms with Crippen LogP contribution in [0.1, 0.15) is 22.8 Å². The molecule has 0 spiro atoms. The molecule has 0 radical (unpaired) electrons. The minimum absolute atomic E-state index is 0.0308. The quantitative estimate of drug-likeness (QED) is 0.438. The fourth-order valence-corrected chi connectivity index (χ4v) is 1.34. The summed E-state index contributed by atoms with van der Waals surface area (Å²) in [7, 11) is 0. The molecule has 0 aliphatic rings. The third-order valence-electron chi connectivity index (χ3n) is 1.78. The molecular weight excluding hydrogens is 220 g/mol. The van der Waals surface area contributed by atoms with Gasteiger partial charge in [-0.1, -0.05) is 11.6 Å². The van der Waals surface area contributed by atoms with Gasteiger partial charge in [0.2, 0.25) is 0 Å². The van der Waals surface area contributed by atoms with E-state index in [2.05, 4.69) is 0 Å². The molecule has 0 heterocycles. The maximum Gasteiger partial charge on any atom is 0.271 e. The normalized spacial score (nSPS) is 9.40. The highest BCUT2D eigenvalue weighted by Crippen LogP contribution is 2.26. The van der Waals surface area contributed by atoms with Gasteiger partial charge in [-0.05, 0) is 6.92 Å². The van der Waals surface area contributed by atoms with Gasteiger partial charge in [0.05, 0.1) is 15.5 Å². The molecule has 0 atom stereocenters. The summed E-state index contributed by atoms with van der Waals surface area (Å²) in [5.41, 5.74) is -0.365. The first-order valence-electron chi connectivity index (χ1n) is 3.86. The van der Waals surface area contributed by atoms with Crippen molar-refractivity contribution >= 4 is 23.1 Å². The van der Waals surface area contributed by atoms with Crippen molar-refractivity contribution in [3.05, 3.63) is 38.4 Å². The summed E-state index contributed by atoms with van der Waals surface area (Å²) in [6, 6.07) is 3.83. The number of hydrogen-bond donors (Lipinski definition) is 0. The first kappa shape index (κ1) is 11.1. The lowest BCUT2D eigenvalue weighted by Gasteiger charge is -2.01. The molecule has 76 valence electrons. The summed E-state index contributed by atoms with van der Waals surface area (Å²) in [5.74, 6) is -0.433. The van der Waals surface area contributed by atoms with Crippen LogP contribution in [-0.4, -0.2) is 10.7 Å². The molecule has 0 aliphatic carbocycles. The minimum atomic E-state index is -0.667. The first-order valence-corrected chi connectivity index (χ1v) is 4.24. The van der Waals surface area contributed by atoms with Gasteiger partial charge in [-0.2, -0.15) is 5.26 Å². The number of halogens is 1. The molecule has 15 heavy (non-hydrogen) atoms. The third kappa shape index (κ3) is 2.11. The highest BCUT2D eigenvalue weighted by molar-refractivity contribution is 6.32. The molecule has 0 aliphatic heterocycles. The van der Waals surface area contributed by atoms with Gasteiger partial charge in [0.15, 0.2) is 5.78 Å². The number of non-ortho nitro benzene ring substituents is 1. The molecule has 0 bridgehead atoms. The van der Waals surface area contributed by atoms with Crippen LogP contribution in [0.3, 0.4) is 0 Å². The number of nitro groups is 1. The van der Waals surface area contributed by atoms with Crippen LogP contribution in [0, 0.1) is 21.4 Å². The van der Waals surface area contributed by atoms with Gasteiger partial charge < -0.3 is 0 Å². The monoisotopic (exact) mass is 224 g/mol. The number of hydrogen-bond acceptors (Lipinski definition) is 4. The first-order chi connectivity index (χ1) is 6.97. The van der Waals surface area contributed by atoms with Crippen molar-refractivity contribution in [2.24, 2.45) is 0 Å². The Morgan fingerprint density at radius 3 is 2.60 bits per heavy atom. The fraction of sp³-hybridized carbons (Fsp3) is 0.111. The number of carbonyl (C=O) groups excluding carboxylic acids is 1. The predicted octanol–water partition coefficient (Wildman–Crippen LogP) is 2.32. The van der Waals surface area contributed by atoms with Gasteiger partial charge in [-0.3, -0.25) is 14.9 Å². The Morgan fingerprint density at radius 2 is 2.20 bits per heavy atom. The number of Topliss-reactive ketones (excluding diaryl/α,β-unsaturated/α-hetero) is 1. The van der Waals surface area contributed by atoms with E-state index in [1.165, 1.54) is 6.92 Å². The van der Waals surface area contributed by atoms with Crippen LogP contribution in [0.15, 0.2) is 12.1 Å². The number of ketones is 1. The molecule has 1 aromatic carbocycles. The summed E-state index contributed by atoms with van der Waals surface area (Å²) in [6.07, 6.45) is 0. The van der Waals surface area contributed by atoms with E-state index in [9.17, 15) is 14.9 Å². The van der Waals surface area contributed by atoms with Gasteiger partial charge in [-0.25, -0.2) is 0 Å². The second kappa shape index (κ2) is 4.07. The zero-order valence-electron chi connectivity index (χ0n) is 7.65. The molecule has 1 rings (SSSR count). The maximum absolute atomic E-state index is 11.1. The Balaban J connectivity index is 3.54. The average Bonchev–Trinajstić information content (AvgIpc) is 2.16. The molecular formula is C9H5ClN2O3. The Kier molecular flexibility index (Phi) is 3.02. The van der Waals surface area contributed by atoms with E-state index >= 15 is 0 Å². The molecule has 0 unspecified atom stereocenters. The predicted molar refractivity (Wildman–Crippen MR) is 52.8 cm³/mol. The van der Waals surface area contributed by atoms with Gasteiger partial charge in [0.25, 0.3) is 5.69 Å². The zero-order chi connectivity index (χ0) is 11.6. The van der Waals surface area contributed by atoms with E-state index in [-0.39, 0.29) is 21.8 Å². The summed E-state index contributed by atoms with van der Waals surface area (Å²) in [4.78, 5) is 20.9. The van der Waals surface area contributed by atoms with E-state index in [1.807, 2.05) is 0 Å². The van der Waals surface area contributed by atoms with Crippen molar-refractivity contribution < 1.29 is 9.72 Å². The lowest BCUT2D eigenvalue weighted by atomic mass is 10.0. The minimum Gasteiger partial charge on any atom is -0.294 e. The van der Waals surface area contributed by atoms with Gasteiger partial charge in [0, 0.05) is 17.7 Å². The highest BCUT2D eigenvalue weighted by atomic mass is 35.5. The second-order valence-corrected chi connectivity index (χ2v) is 3.18. The smallest absolute Gasteiger partial charge is 0.271 e. The number of nitrogens with zero attached hydrogens (tertiary/aromatic N) is 2. The SMILES string of the molecule is CC(=O)c1cc([N+](=O)[O-])cc(Cl)c1C#N. The Hall–Kier alpha value is -1.93. The molecule has 0 N–H and O–H groups in total. The van der Waals surface area contributed by atoms with E-state index in [1.54, 1.807) is 6.07 Å². The largest absolute Gasteiger partial charge is 0.294 e. The molecule has 0 fully saturated rings. The van der Waals surface area contributed by atoms with Crippen molar-refractivity contribution in [3.63, 3.8) is 0 Å². The van der Waals surface area contributed by atoms with E-state index < -0.39 is 10.7 Å². The van der Waals surface area contributed by atoms with E-state index in [0.717, 1.165) is 12.1 Å². The number of rotatable bonds is 2. The fourth-order valence-electron chi connectivity index (χ4n) is 1.09. The Labute approximate surface area is 90.0 Å².